The van der Waals surface area contributed by atoms with Crippen LogP contribution in [0.5, 0.6) is 0 Å². The molecule has 1 saturated carbocycles. The number of rotatable bonds is 6. The molecule has 2 aliphatic rings. The number of carbonyl (C=O) groups is 1. The summed E-state index contributed by atoms with van der Waals surface area (Å²) in [5, 5.41) is 6.63. The molecule has 0 bridgehead atoms. The highest BCUT2D eigenvalue weighted by Gasteiger charge is 2.35. The highest BCUT2D eigenvalue weighted by atomic mass is 16.5. The van der Waals surface area contributed by atoms with Gasteiger partial charge in [-0.15, -0.1) is 0 Å². The van der Waals surface area contributed by atoms with Crippen molar-refractivity contribution in [2.75, 3.05) is 19.8 Å². The van der Waals surface area contributed by atoms with Gasteiger partial charge in [0.1, 0.15) is 0 Å². The maximum absolute atomic E-state index is 12.4. The average Bonchev–Trinajstić information content (AvgIpc) is 3.07. The van der Waals surface area contributed by atoms with Crippen LogP contribution in [0.4, 0.5) is 0 Å². The lowest BCUT2D eigenvalue weighted by atomic mass is 9.97. The van der Waals surface area contributed by atoms with Crippen LogP contribution in [0.25, 0.3) is 0 Å². The molecule has 4 heteroatoms. The molecular weight excluding hydrogens is 240 g/mol. The summed E-state index contributed by atoms with van der Waals surface area (Å²) in [6.45, 7) is 6.47. The van der Waals surface area contributed by atoms with Crippen molar-refractivity contribution in [3.63, 3.8) is 0 Å². The molecular formula is C15H28N2O2. The molecule has 0 aromatic heterocycles. The molecule has 2 fully saturated rings. The van der Waals surface area contributed by atoms with E-state index in [4.69, 9.17) is 4.74 Å². The second-order valence-corrected chi connectivity index (χ2v) is 6.05. The number of hydrogen-bond donors (Lipinski definition) is 2. The summed E-state index contributed by atoms with van der Waals surface area (Å²) >= 11 is 0. The average molecular weight is 268 g/mol. The third-order valence-electron chi connectivity index (χ3n) is 4.55. The lowest BCUT2D eigenvalue weighted by molar-refractivity contribution is -0.126. The highest BCUT2D eigenvalue weighted by Crippen LogP contribution is 2.27. The summed E-state index contributed by atoms with van der Waals surface area (Å²) in [7, 11) is 0. The van der Waals surface area contributed by atoms with E-state index in [1.54, 1.807) is 0 Å². The predicted molar refractivity (Wildman–Crippen MR) is 76.0 cm³/mol. The van der Waals surface area contributed by atoms with Gasteiger partial charge < -0.3 is 15.4 Å². The first-order valence-corrected chi connectivity index (χ1v) is 7.84. The Hall–Kier alpha value is -0.610. The van der Waals surface area contributed by atoms with Crippen LogP contribution < -0.4 is 10.6 Å². The van der Waals surface area contributed by atoms with Crippen molar-refractivity contribution < 1.29 is 9.53 Å². The standard InChI is InChI=1S/C15H28N2O2/c1-3-8-16-14-10-19-9-13(14)15(18)17-11(2)12-6-4-5-7-12/h11-14,16H,3-10H2,1-2H3,(H,17,18)/t11-,13?,14?/m0/s1. The lowest BCUT2D eigenvalue weighted by Gasteiger charge is -2.24. The molecule has 1 aliphatic carbocycles. The van der Waals surface area contributed by atoms with Crippen molar-refractivity contribution in [1.29, 1.82) is 0 Å². The number of hydrogen-bond acceptors (Lipinski definition) is 3. The Morgan fingerprint density at radius 1 is 1.32 bits per heavy atom. The van der Waals surface area contributed by atoms with Crippen LogP contribution in [-0.2, 0) is 9.53 Å². The highest BCUT2D eigenvalue weighted by molar-refractivity contribution is 5.80. The van der Waals surface area contributed by atoms with E-state index in [2.05, 4.69) is 24.5 Å². The van der Waals surface area contributed by atoms with Crippen LogP contribution in [0.3, 0.4) is 0 Å². The Bertz CT molecular complexity index is 290. The normalized spacial score (nSPS) is 29.6. The van der Waals surface area contributed by atoms with E-state index < -0.39 is 0 Å². The third kappa shape index (κ3) is 3.93. The fourth-order valence-electron chi connectivity index (χ4n) is 3.25. The smallest absolute Gasteiger partial charge is 0.227 e. The molecule has 2 unspecified atom stereocenters. The van der Waals surface area contributed by atoms with Crippen LogP contribution >= 0.6 is 0 Å². The van der Waals surface area contributed by atoms with E-state index in [9.17, 15) is 4.79 Å². The molecule has 0 aromatic rings. The molecule has 1 heterocycles. The first-order valence-electron chi connectivity index (χ1n) is 7.84. The monoisotopic (exact) mass is 268 g/mol. The zero-order valence-corrected chi connectivity index (χ0v) is 12.3. The van der Waals surface area contributed by atoms with Crippen LogP contribution in [-0.4, -0.2) is 37.7 Å². The van der Waals surface area contributed by atoms with Gasteiger partial charge in [-0.05, 0) is 38.6 Å². The van der Waals surface area contributed by atoms with E-state index in [1.165, 1.54) is 25.7 Å². The van der Waals surface area contributed by atoms with Crippen LogP contribution in [0.15, 0.2) is 0 Å². The molecule has 110 valence electrons. The van der Waals surface area contributed by atoms with Crippen molar-refractivity contribution in [3.05, 3.63) is 0 Å². The molecule has 0 aromatic carbocycles. The van der Waals surface area contributed by atoms with Gasteiger partial charge in [0.2, 0.25) is 5.91 Å². The van der Waals surface area contributed by atoms with Crippen molar-refractivity contribution in [1.82, 2.24) is 10.6 Å². The predicted octanol–water partition coefficient (Wildman–Crippen LogP) is 1.70. The van der Waals surface area contributed by atoms with Crippen molar-refractivity contribution >= 4 is 5.91 Å². The Morgan fingerprint density at radius 2 is 2.05 bits per heavy atom. The van der Waals surface area contributed by atoms with Gasteiger partial charge in [-0.2, -0.15) is 0 Å². The minimum Gasteiger partial charge on any atom is -0.379 e. The van der Waals surface area contributed by atoms with Crippen LogP contribution in [0, 0.1) is 11.8 Å². The van der Waals surface area contributed by atoms with Crippen molar-refractivity contribution in [2.24, 2.45) is 11.8 Å². The summed E-state index contributed by atoms with van der Waals surface area (Å²) in [5.74, 6) is 0.828. The molecule has 0 radical (unpaired) electrons. The van der Waals surface area contributed by atoms with E-state index in [0.29, 0.717) is 25.2 Å². The van der Waals surface area contributed by atoms with Gasteiger partial charge in [-0.3, -0.25) is 4.79 Å². The van der Waals surface area contributed by atoms with Gasteiger partial charge in [0.05, 0.1) is 19.1 Å². The summed E-state index contributed by atoms with van der Waals surface area (Å²) in [5.41, 5.74) is 0. The summed E-state index contributed by atoms with van der Waals surface area (Å²) in [6.07, 6.45) is 6.25. The van der Waals surface area contributed by atoms with E-state index in [1.807, 2.05) is 0 Å². The third-order valence-corrected chi connectivity index (χ3v) is 4.55. The van der Waals surface area contributed by atoms with Gasteiger partial charge in [0, 0.05) is 12.1 Å². The molecule has 2 rings (SSSR count). The van der Waals surface area contributed by atoms with Crippen molar-refractivity contribution in [2.45, 2.75) is 58.0 Å². The van der Waals surface area contributed by atoms with Crippen LogP contribution in [0.2, 0.25) is 0 Å². The molecule has 19 heavy (non-hydrogen) atoms. The molecule has 2 N–H and O–H groups in total. The molecule has 4 nitrogen and oxygen atoms in total. The van der Waals surface area contributed by atoms with Crippen molar-refractivity contribution in [3.8, 4) is 0 Å². The van der Waals surface area contributed by atoms with Gasteiger partial charge in [0.25, 0.3) is 0 Å². The SMILES string of the molecule is CCCNC1COCC1C(=O)N[C@@H](C)C1CCCC1. The van der Waals surface area contributed by atoms with E-state index in [0.717, 1.165) is 13.0 Å². The van der Waals surface area contributed by atoms with Crippen LogP contribution in [0.1, 0.15) is 46.0 Å². The number of amides is 1. The first kappa shape index (κ1) is 14.8. The quantitative estimate of drug-likeness (QED) is 0.771. The van der Waals surface area contributed by atoms with E-state index in [-0.39, 0.29) is 17.9 Å². The zero-order valence-electron chi connectivity index (χ0n) is 12.3. The molecule has 1 aliphatic heterocycles. The topological polar surface area (TPSA) is 50.4 Å². The Balaban J connectivity index is 1.80. The minimum atomic E-state index is -0.0181. The maximum atomic E-state index is 12.4. The minimum absolute atomic E-state index is 0.0181. The summed E-state index contributed by atoms with van der Waals surface area (Å²) in [4.78, 5) is 12.4. The Morgan fingerprint density at radius 3 is 2.74 bits per heavy atom. The lowest BCUT2D eigenvalue weighted by Crippen LogP contribution is -2.47. The molecule has 3 atom stereocenters. The van der Waals surface area contributed by atoms with E-state index >= 15 is 0 Å². The summed E-state index contributed by atoms with van der Waals surface area (Å²) < 4.78 is 5.47. The van der Waals surface area contributed by atoms with Gasteiger partial charge in [-0.1, -0.05) is 19.8 Å². The second kappa shape index (κ2) is 7.25. The van der Waals surface area contributed by atoms with Gasteiger partial charge >= 0.3 is 0 Å². The zero-order chi connectivity index (χ0) is 13.7. The number of nitrogens with one attached hydrogen (secondary N) is 2. The largest absolute Gasteiger partial charge is 0.379 e. The second-order valence-electron chi connectivity index (χ2n) is 6.05. The fraction of sp³-hybridized carbons (Fsp3) is 0.933. The van der Waals surface area contributed by atoms with Gasteiger partial charge in [-0.25, -0.2) is 0 Å². The summed E-state index contributed by atoms with van der Waals surface area (Å²) in [6, 6.07) is 0.498. The number of carbonyl (C=O) groups excluding carboxylic acids is 1. The molecule has 1 saturated heterocycles. The maximum Gasteiger partial charge on any atom is 0.227 e. The molecule has 1 amide bonds. The Kier molecular flexibility index (Phi) is 5.64. The fourth-order valence-corrected chi connectivity index (χ4v) is 3.25. The Labute approximate surface area is 116 Å². The molecule has 0 spiro atoms. The van der Waals surface area contributed by atoms with Gasteiger partial charge in [0.15, 0.2) is 0 Å². The first-order chi connectivity index (χ1) is 9.22. The number of ether oxygens (including phenoxy) is 1.